The Balaban J connectivity index is 1.13. The molecule has 0 aromatic carbocycles. The number of rotatable bonds is 22. The number of carbonyl (C=O) groups is 1. The fourth-order valence-corrected chi connectivity index (χ4v) is 11.6. The minimum absolute atomic E-state index is 0.0240. The van der Waals surface area contributed by atoms with E-state index in [1.54, 1.807) is 0 Å². The van der Waals surface area contributed by atoms with Crippen LogP contribution in [-0.2, 0) is 9.53 Å². The summed E-state index contributed by atoms with van der Waals surface area (Å²) in [6.45, 7) is 14.4. The van der Waals surface area contributed by atoms with Crippen LogP contribution in [-0.4, -0.2) is 23.3 Å². The molecule has 0 amide bonds. The molecule has 4 rings (SSSR count). The van der Waals surface area contributed by atoms with Gasteiger partial charge in [0.05, 0.1) is 6.10 Å². The molecule has 3 nitrogen and oxygen atoms in total. The summed E-state index contributed by atoms with van der Waals surface area (Å²) in [7, 11) is 0. The van der Waals surface area contributed by atoms with E-state index in [0.717, 1.165) is 50.9 Å². The summed E-state index contributed by atoms with van der Waals surface area (Å²) in [5, 5.41) is 11.9. The molecule has 0 aliphatic heterocycles. The highest BCUT2D eigenvalue weighted by Gasteiger charge is 2.62. The summed E-state index contributed by atoms with van der Waals surface area (Å²) in [6.07, 6.45) is 34.9. The predicted molar refractivity (Wildman–Crippen MR) is 204 cm³/mol. The van der Waals surface area contributed by atoms with Crippen LogP contribution < -0.4 is 0 Å². The van der Waals surface area contributed by atoms with E-state index in [-0.39, 0.29) is 29.0 Å². The maximum Gasteiger partial charge on any atom is 0.306 e. The van der Waals surface area contributed by atoms with Crippen LogP contribution in [0.4, 0.5) is 0 Å². The van der Waals surface area contributed by atoms with Crippen molar-refractivity contribution in [1.29, 1.82) is 0 Å². The van der Waals surface area contributed by atoms with Gasteiger partial charge in [0.15, 0.2) is 0 Å². The maximum absolute atomic E-state index is 12.8. The molecule has 4 aliphatic rings. The van der Waals surface area contributed by atoms with Gasteiger partial charge in [-0.3, -0.25) is 4.79 Å². The number of ether oxygens (including phenoxy) is 1. The largest absolute Gasteiger partial charge is 0.462 e. The lowest BCUT2D eigenvalue weighted by Crippen LogP contribution is -2.56. The van der Waals surface area contributed by atoms with Crippen LogP contribution >= 0.6 is 0 Å². The molecule has 278 valence electrons. The summed E-state index contributed by atoms with van der Waals surface area (Å²) >= 11 is 0. The summed E-state index contributed by atoms with van der Waals surface area (Å²) in [4.78, 5) is 12.8. The first-order chi connectivity index (χ1) is 23.1. The van der Waals surface area contributed by atoms with E-state index in [4.69, 9.17) is 4.74 Å². The third-order valence-electron chi connectivity index (χ3n) is 14.6. The van der Waals surface area contributed by atoms with Crippen LogP contribution in [0.3, 0.4) is 0 Å². The number of esters is 1. The molecule has 0 heterocycles. The maximum atomic E-state index is 12.8. The van der Waals surface area contributed by atoms with Crippen molar-refractivity contribution >= 4 is 5.97 Å². The van der Waals surface area contributed by atoms with Crippen LogP contribution in [0.2, 0.25) is 0 Å². The number of allylic oxidation sites excluding steroid dienone is 1. The van der Waals surface area contributed by atoms with Gasteiger partial charge < -0.3 is 9.84 Å². The third-order valence-corrected chi connectivity index (χ3v) is 14.6. The van der Waals surface area contributed by atoms with Crippen molar-refractivity contribution in [3.05, 3.63) is 11.6 Å². The molecule has 0 aromatic rings. The predicted octanol–water partition coefficient (Wildman–Crippen LogP) is 13.2. The van der Waals surface area contributed by atoms with Crippen LogP contribution in [0.15, 0.2) is 11.6 Å². The van der Waals surface area contributed by atoms with Crippen LogP contribution in [0.5, 0.6) is 0 Å². The van der Waals surface area contributed by atoms with Gasteiger partial charge in [-0.1, -0.05) is 162 Å². The highest BCUT2D eigenvalue weighted by molar-refractivity contribution is 5.69. The normalized spacial score (nSPS) is 33.5. The Bertz CT molecular complexity index is 969. The average Bonchev–Trinajstić information content (AvgIpc) is 3.42. The topological polar surface area (TPSA) is 46.5 Å². The Kier molecular flexibility index (Phi) is 16.4. The van der Waals surface area contributed by atoms with Gasteiger partial charge in [0, 0.05) is 12.8 Å². The van der Waals surface area contributed by atoms with Gasteiger partial charge in [-0.15, -0.1) is 0 Å². The highest BCUT2D eigenvalue weighted by atomic mass is 16.5. The van der Waals surface area contributed by atoms with Crippen molar-refractivity contribution in [3.63, 3.8) is 0 Å². The van der Waals surface area contributed by atoms with Crippen molar-refractivity contribution < 1.29 is 14.6 Å². The molecule has 1 N–H and O–H groups in total. The van der Waals surface area contributed by atoms with Gasteiger partial charge in [0.2, 0.25) is 0 Å². The van der Waals surface area contributed by atoms with E-state index in [1.165, 1.54) is 121 Å². The number of aliphatic hydroxyl groups excluding tert-OH is 1. The fraction of sp³-hybridized carbons (Fsp3) is 0.933. The zero-order valence-electron chi connectivity index (χ0n) is 32.8. The van der Waals surface area contributed by atoms with Crippen LogP contribution in [0, 0.1) is 46.3 Å². The molecule has 3 heteroatoms. The van der Waals surface area contributed by atoms with Crippen molar-refractivity contribution in [2.75, 3.05) is 0 Å². The van der Waals surface area contributed by atoms with E-state index in [9.17, 15) is 9.90 Å². The van der Waals surface area contributed by atoms with Gasteiger partial charge in [0.1, 0.15) is 6.10 Å². The Morgan fingerprint density at radius 1 is 0.812 bits per heavy atom. The van der Waals surface area contributed by atoms with Gasteiger partial charge >= 0.3 is 5.97 Å². The number of carbonyl (C=O) groups excluding carboxylic acids is 1. The summed E-state index contributed by atoms with van der Waals surface area (Å²) in [5.41, 5.74) is 1.76. The van der Waals surface area contributed by atoms with E-state index in [2.05, 4.69) is 47.6 Å². The Labute approximate surface area is 298 Å². The van der Waals surface area contributed by atoms with Gasteiger partial charge in [0.25, 0.3) is 0 Å². The first-order valence-electron chi connectivity index (χ1n) is 21.7. The second-order valence-corrected chi connectivity index (χ2v) is 18.4. The third kappa shape index (κ3) is 10.4. The molecular weight excluding hydrogens is 588 g/mol. The van der Waals surface area contributed by atoms with E-state index >= 15 is 0 Å². The molecule has 3 fully saturated rings. The lowest BCUT2D eigenvalue weighted by atomic mass is 9.46. The Hall–Kier alpha value is -0.830. The standard InChI is InChI=1S/C45H80O3/c1-7-8-9-10-11-12-13-14-15-16-17-18-19-20-21-25-43(47)48-37-30-31-44(5)36(32-37)26-27-38-40-29-28-39(35(4)24-22-23-34(2)3)45(40,6)42(46)33-41(38)44/h26,34-35,37-42,46H,7-25,27-33H2,1-6H3/t35-,37+,38+,39-,40+,41+,42?,44+,45-/m1/s1. The molecule has 4 aliphatic carbocycles. The summed E-state index contributed by atoms with van der Waals surface area (Å²) in [5.74, 6) is 4.08. The number of hydrogen-bond donors (Lipinski definition) is 1. The summed E-state index contributed by atoms with van der Waals surface area (Å²) in [6, 6.07) is 0. The fourth-order valence-electron chi connectivity index (χ4n) is 11.6. The number of fused-ring (bicyclic) bond motifs is 5. The van der Waals surface area contributed by atoms with Gasteiger partial charge in [-0.25, -0.2) is 0 Å². The molecule has 3 saturated carbocycles. The van der Waals surface area contributed by atoms with Crippen molar-refractivity contribution in [2.24, 2.45) is 46.3 Å². The van der Waals surface area contributed by atoms with E-state index in [1.807, 2.05) is 0 Å². The van der Waals surface area contributed by atoms with Crippen molar-refractivity contribution in [3.8, 4) is 0 Å². The smallest absolute Gasteiger partial charge is 0.306 e. The number of aliphatic hydroxyl groups is 1. The van der Waals surface area contributed by atoms with Gasteiger partial charge in [-0.05, 0) is 91.3 Å². The molecule has 0 aromatic heterocycles. The number of unbranched alkanes of at least 4 members (excludes halogenated alkanes) is 14. The van der Waals surface area contributed by atoms with Crippen molar-refractivity contribution in [1.82, 2.24) is 0 Å². The quantitative estimate of drug-likeness (QED) is 0.0709. The molecular formula is C45H80O3. The molecule has 0 saturated heterocycles. The molecule has 0 spiro atoms. The zero-order valence-corrected chi connectivity index (χ0v) is 32.8. The van der Waals surface area contributed by atoms with Crippen LogP contribution in [0.25, 0.3) is 0 Å². The van der Waals surface area contributed by atoms with Gasteiger partial charge in [-0.2, -0.15) is 0 Å². The molecule has 9 atom stereocenters. The van der Waals surface area contributed by atoms with E-state index < -0.39 is 0 Å². The van der Waals surface area contributed by atoms with E-state index in [0.29, 0.717) is 36.0 Å². The molecule has 0 radical (unpaired) electrons. The zero-order chi connectivity index (χ0) is 34.6. The molecule has 1 unspecified atom stereocenters. The average molecular weight is 669 g/mol. The number of hydrogen-bond acceptors (Lipinski definition) is 3. The lowest BCUT2D eigenvalue weighted by Gasteiger charge is -2.60. The Morgan fingerprint density at radius 3 is 2.02 bits per heavy atom. The summed E-state index contributed by atoms with van der Waals surface area (Å²) < 4.78 is 6.11. The molecule has 0 bridgehead atoms. The first kappa shape index (κ1) is 39.9. The monoisotopic (exact) mass is 669 g/mol. The minimum atomic E-state index is -0.189. The van der Waals surface area contributed by atoms with Crippen LogP contribution in [0.1, 0.15) is 208 Å². The first-order valence-corrected chi connectivity index (χ1v) is 21.7. The second-order valence-electron chi connectivity index (χ2n) is 18.4. The second kappa shape index (κ2) is 19.7. The highest BCUT2D eigenvalue weighted by Crippen LogP contribution is 2.67. The lowest BCUT2D eigenvalue weighted by molar-refractivity contribution is -0.154. The van der Waals surface area contributed by atoms with Crippen molar-refractivity contribution in [2.45, 2.75) is 221 Å². The Morgan fingerprint density at radius 2 is 1.42 bits per heavy atom. The minimum Gasteiger partial charge on any atom is -0.462 e. The SMILES string of the molecule is CCCCCCCCCCCCCCCCCC(=O)O[C@H]1CC[C@@]2(C)C(=CC[C@H]3[C@@H]4CC[C@H]([C@H](C)CCCC(C)C)[C@@]4(C)C(O)C[C@@H]32)C1. The molecule has 48 heavy (non-hydrogen) atoms.